The van der Waals surface area contributed by atoms with Crippen molar-refractivity contribution in [1.82, 2.24) is 4.90 Å². The predicted molar refractivity (Wildman–Crippen MR) is 118 cm³/mol. The lowest BCUT2D eigenvalue weighted by atomic mass is 9.74. The number of hydrogen-bond acceptors (Lipinski definition) is 1. The summed E-state index contributed by atoms with van der Waals surface area (Å²) in [5, 5.41) is 1.42. The summed E-state index contributed by atoms with van der Waals surface area (Å²) >= 11 is 12.4. The monoisotopic (exact) mass is 415 g/mol. The van der Waals surface area contributed by atoms with Crippen LogP contribution in [-0.4, -0.2) is 17.4 Å². The Morgan fingerprint density at radius 3 is 2.43 bits per heavy atom. The van der Waals surface area contributed by atoms with Crippen LogP contribution in [0, 0.1) is 11.8 Å². The number of carbonyl (C=O) groups is 1. The highest BCUT2D eigenvalue weighted by Crippen LogP contribution is 2.46. The number of hydrogen-bond donors (Lipinski definition) is 0. The first-order valence-electron chi connectivity index (χ1n) is 9.83. The molecule has 28 heavy (non-hydrogen) atoms. The van der Waals surface area contributed by atoms with Crippen molar-refractivity contribution in [2.45, 2.75) is 38.6 Å². The van der Waals surface area contributed by atoms with Crippen LogP contribution < -0.4 is 0 Å². The van der Waals surface area contributed by atoms with Gasteiger partial charge in [0, 0.05) is 28.4 Å². The van der Waals surface area contributed by atoms with Gasteiger partial charge < -0.3 is 4.90 Å². The second-order valence-electron chi connectivity index (χ2n) is 8.00. The molecular formula is C24H27Cl2NO. The zero-order chi connectivity index (χ0) is 20.3. The Morgan fingerprint density at radius 1 is 1.11 bits per heavy atom. The molecule has 0 aliphatic carbocycles. The number of halogens is 2. The van der Waals surface area contributed by atoms with Gasteiger partial charge in [0.25, 0.3) is 0 Å². The van der Waals surface area contributed by atoms with Gasteiger partial charge in [-0.25, -0.2) is 0 Å². The molecule has 0 N–H and O–H groups in total. The first-order valence-corrected chi connectivity index (χ1v) is 10.6. The molecule has 1 aliphatic rings. The van der Waals surface area contributed by atoms with Crippen LogP contribution in [0.1, 0.15) is 49.8 Å². The van der Waals surface area contributed by atoms with E-state index in [2.05, 4.69) is 31.4 Å². The third-order valence-corrected chi connectivity index (χ3v) is 5.88. The van der Waals surface area contributed by atoms with Gasteiger partial charge in [-0.2, -0.15) is 0 Å². The minimum atomic E-state index is -0.0521. The average molecular weight is 416 g/mol. The molecule has 2 aromatic rings. The van der Waals surface area contributed by atoms with Gasteiger partial charge in [0.1, 0.15) is 0 Å². The van der Waals surface area contributed by atoms with Gasteiger partial charge in [0.15, 0.2) is 0 Å². The maximum atomic E-state index is 13.4. The Balaban J connectivity index is 2.11. The van der Waals surface area contributed by atoms with Crippen molar-refractivity contribution < 1.29 is 4.79 Å². The van der Waals surface area contributed by atoms with E-state index in [-0.39, 0.29) is 23.8 Å². The third-order valence-electron chi connectivity index (χ3n) is 5.39. The van der Waals surface area contributed by atoms with Crippen molar-refractivity contribution in [2.24, 2.45) is 11.8 Å². The molecule has 0 spiro atoms. The average Bonchev–Trinajstić information content (AvgIpc) is 2.65. The summed E-state index contributed by atoms with van der Waals surface area (Å²) in [6, 6.07) is 15.9. The van der Waals surface area contributed by atoms with Crippen molar-refractivity contribution in [3.8, 4) is 0 Å². The number of amides is 1. The fourth-order valence-corrected chi connectivity index (χ4v) is 4.57. The molecule has 2 aromatic carbocycles. The van der Waals surface area contributed by atoms with Crippen LogP contribution in [-0.2, 0) is 4.79 Å². The van der Waals surface area contributed by atoms with Crippen LogP contribution >= 0.6 is 23.2 Å². The van der Waals surface area contributed by atoms with Crippen molar-refractivity contribution in [2.75, 3.05) is 6.54 Å². The van der Waals surface area contributed by atoms with E-state index in [4.69, 9.17) is 23.2 Å². The summed E-state index contributed by atoms with van der Waals surface area (Å²) in [6.45, 7) is 8.89. The zero-order valence-electron chi connectivity index (χ0n) is 16.4. The highest BCUT2D eigenvalue weighted by atomic mass is 35.5. The molecule has 1 saturated heterocycles. The molecular weight excluding hydrogens is 389 g/mol. The molecule has 148 valence electrons. The number of benzene rings is 2. The fraction of sp³-hybridized carbons (Fsp3) is 0.375. The highest BCUT2D eigenvalue weighted by Gasteiger charge is 2.42. The molecule has 1 fully saturated rings. The second kappa shape index (κ2) is 9.15. The summed E-state index contributed by atoms with van der Waals surface area (Å²) < 4.78 is 0. The molecule has 3 rings (SSSR count). The number of rotatable bonds is 6. The topological polar surface area (TPSA) is 20.3 Å². The largest absolute Gasteiger partial charge is 0.335 e. The molecule has 0 radical (unpaired) electrons. The van der Waals surface area contributed by atoms with E-state index >= 15 is 0 Å². The first kappa shape index (κ1) is 21.0. The third kappa shape index (κ3) is 4.61. The van der Waals surface area contributed by atoms with Crippen LogP contribution in [0.4, 0.5) is 0 Å². The number of nitrogens with zero attached hydrogens (tertiary/aromatic N) is 1. The zero-order valence-corrected chi connectivity index (χ0v) is 18.0. The van der Waals surface area contributed by atoms with E-state index < -0.39 is 0 Å². The summed E-state index contributed by atoms with van der Waals surface area (Å²) in [5.41, 5.74) is 2.28. The van der Waals surface area contributed by atoms with Gasteiger partial charge >= 0.3 is 0 Å². The maximum absolute atomic E-state index is 13.4. The predicted octanol–water partition coefficient (Wildman–Crippen LogP) is 6.90. The number of piperidine rings is 1. The minimum absolute atomic E-state index is 0.0355. The molecule has 0 aromatic heterocycles. The lowest BCUT2D eigenvalue weighted by Gasteiger charge is -2.45. The Kier molecular flexibility index (Phi) is 6.85. The molecule has 1 amide bonds. The van der Waals surface area contributed by atoms with Crippen molar-refractivity contribution in [3.63, 3.8) is 0 Å². The maximum Gasteiger partial charge on any atom is 0.226 e. The lowest BCUT2D eigenvalue weighted by Crippen LogP contribution is -2.48. The highest BCUT2D eigenvalue weighted by molar-refractivity contribution is 6.30. The summed E-state index contributed by atoms with van der Waals surface area (Å²) in [6.07, 6.45) is 3.33. The van der Waals surface area contributed by atoms with E-state index in [1.54, 1.807) is 0 Å². The van der Waals surface area contributed by atoms with Crippen molar-refractivity contribution in [1.29, 1.82) is 0 Å². The SMILES string of the molecule is C=CC[C@@H]1CC(c2cccc(Cl)c2)[C@@H](c2ccc(Cl)cc2)N(CC(C)C)C1=O. The van der Waals surface area contributed by atoms with Crippen LogP contribution in [0.25, 0.3) is 0 Å². The van der Waals surface area contributed by atoms with Crippen molar-refractivity contribution >= 4 is 29.1 Å². The van der Waals surface area contributed by atoms with Crippen LogP contribution in [0.2, 0.25) is 10.0 Å². The van der Waals surface area contributed by atoms with Gasteiger partial charge in [-0.3, -0.25) is 4.79 Å². The number of allylic oxidation sites excluding steroid dienone is 1. The van der Waals surface area contributed by atoms with Crippen LogP contribution in [0.5, 0.6) is 0 Å². The van der Waals surface area contributed by atoms with Gasteiger partial charge in [-0.1, -0.05) is 67.4 Å². The van der Waals surface area contributed by atoms with Crippen LogP contribution in [0.15, 0.2) is 61.2 Å². The summed E-state index contributed by atoms with van der Waals surface area (Å²) in [4.78, 5) is 15.4. The Hall–Kier alpha value is -1.77. The second-order valence-corrected chi connectivity index (χ2v) is 8.87. The Labute approximate surface area is 178 Å². The molecule has 0 bridgehead atoms. The van der Waals surface area contributed by atoms with E-state index in [1.165, 1.54) is 5.56 Å². The minimum Gasteiger partial charge on any atom is -0.335 e. The fourth-order valence-electron chi connectivity index (χ4n) is 4.25. The normalized spacial score (nSPS) is 22.5. The van der Waals surface area contributed by atoms with Gasteiger partial charge in [-0.15, -0.1) is 6.58 Å². The van der Waals surface area contributed by atoms with Crippen LogP contribution in [0.3, 0.4) is 0 Å². The Morgan fingerprint density at radius 2 is 1.82 bits per heavy atom. The molecule has 3 atom stereocenters. The smallest absolute Gasteiger partial charge is 0.226 e. The molecule has 1 aliphatic heterocycles. The molecule has 1 unspecified atom stereocenters. The van der Waals surface area contributed by atoms with Crippen molar-refractivity contribution in [3.05, 3.63) is 82.4 Å². The Bertz CT molecular complexity index is 831. The number of carbonyl (C=O) groups excluding carboxylic acids is 1. The molecule has 4 heteroatoms. The number of likely N-dealkylation sites (tertiary alicyclic amines) is 1. The van der Waals surface area contributed by atoms with E-state index in [1.807, 2.05) is 48.5 Å². The van der Waals surface area contributed by atoms with Gasteiger partial charge in [0.05, 0.1) is 6.04 Å². The quantitative estimate of drug-likeness (QED) is 0.469. The standard InChI is InChI=1S/C24H27Cl2NO/c1-4-6-19-14-22(18-7-5-8-21(26)13-18)23(17-9-11-20(25)12-10-17)27(24(19)28)15-16(2)3/h4-5,7-13,16,19,22-23H,1,6,14-15H2,2-3H3/t19-,22?,23-/m1/s1. The summed E-state index contributed by atoms with van der Waals surface area (Å²) in [5.74, 6) is 0.707. The van der Waals surface area contributed by atoms with Gasteiger partial charge in [-0.05, 0) is 54.2 Å². The van der Waals surface area contributed by atoms with E-state index in [0.29, 0.717) is 17.4 Å². The summed E-state index contributed by atoms with van der Waals surface area (Å²) in [7, 11) is 0. The molecule has 2 nitrogen and oxygen atoms in total. The van der Waals surface area contributed by atoms with E-state index in [0.717, 1.165) is 23.6 Å². The lowest BCUT2D eigenvalue weighted by molar-refractivity contribution is -0.143. The van der Waals surface area contributed by atoms with Gasteiger partial charge in [0.2, 0.25) is 5.91 Å². The van der Waals surface area contributed by atoms with E-state index in [9.17, 15) is 4.79 Å². The molecule has 1 heterocycles. The molecule has 0 saturated carbocycles. The first-order chi connectivity index (χ1) is 13.4.